The van der Waals surface area contributed by atoms with Crippen molar-refractivity contribution in [3.05, 3.63) is 12.2 Å². The Bertz CT molecular complexity index is 206. The van der Waals surface area contributed by atoms with E-state index in [1.807, 2.05) is 6.92 Å². The summed E-state index contributed by atoms with van der Waals surface area (Å²) in [6.07, 6.45) is 2.08. The number of rotatable bonds is 4. The summed E-state index contributed by atoms with van der Waals surface area (Å²) in [6.45, 7) is 7.88. The van der Waals surface area contributed by atoms with Crippen LogP contribution in [0.5, 0.6) is 0 Å². The zero-order valence-electron chi connectivity index (χ0n) is 8.21. The fourth-order valence-electron chi connectivity index (χ4n) is 1.17. The van der Waals surface area contributed by atoms with Gasteiger partial charge in [0.2, 0.25) is 0 Å². The maximum absolute atomic E-state index is 11.1. The summed E-state index contributed by atoms with van der Waals surface area (Å²) in [7, 11) is 0. The van der Waals surface area contributed by atoms with Crippen LogP contribution in [0.15, 0.2) is 12.2 Å². The Balaban J connectivity index is 2.19. The van der Waals surface area contributed by atoms with Gasteiger partial charge >= 0.3 is 5.97 Å². The normalized spacial score (nSPS) is 23.1. The number of hydrogen-bond donors (Lipinski definition) is 0. The number of carbonyl (C=O) groups is 1. The van der Waals surface area contributed by atoms with Crippen molar-refractivity contribution < 1.29 is 14.3 Å². The molecule has 0 saturated carbocycles. The van der Waals surface area contributed by atoms with E-state index >= 15 is 0 Å². The topological polar surface area (TPSA) is 35.5 Å². The van der Waals surface area contributed by atoms with Gasteiger partial charge in [0.05, 0.1) is 6.10 Å². The molecule has 1 fully saturated rings. The lowest BCUT2D eigenvalue weighted by atomic mass is 10.1. The summed E-state index contributed by atoms with van der Waals surface area (Å²) in [4.78, 5) is 11.1. The van der Waals surface area contributed by atoms with Crippen molar-refractivity contribution in [2.45, 2.75) is 38.9 Å². The highest BCUT2D eigenvalue weighted by Gasteiger charge is 2.22. The molecule has 1 rings (SSSR count). The lowest BCUT2D eigenvalue weighted by Crippen LogP contribution is -2.31. The highest BCUT2D eigenvalue weighted by molar-refractivity contribution is 5.87. The first-order chi connectivity index (χ1) is 6.09. The molecule has 3 heteroatoms. The molecule has 0 radical (unpaired) electrons. The average molecular weight is 184 g/mol. The third kappa shape index (κ3) is 3.19. The second kappa shape index (κ2) is 4.42. The molecule has 74 valence electrons. The summed E-state index contributed by atoms with van der Waals surface area (Å²) >= 11 is 0. The van der Waals surface area contributed by atoms with Gasteiger partial charge in [-0.25, -0.2) is 4.79 Å². The van der Waals surface area contributed by atoms with Crippen molar-refractivity contribution in [1.29, 1.82) is 0 Å². The van der Waals surface area contributed by atoms with Gasteiger partial charge in [0.1, 0.15) is 6.10 Å². The second-order valence-corrected chi connectivity index (χ2v) is 3.51. The first-order valence-corrected chi connectivity index (χ1v) is 4.57. The second-order valence-electron chi connectivity index (χ2n) is 3.51. The highest BCUT2D eigenvalue weighted by atomic mass is 16.5. The number of ether oxygens (including phenoxy) is 2. The van der Waals surface area contributed by atoms with E-state index in [4.69, 9.17) is 9.47 Å². The molecule has 0 amide bonds. The molecule has 0 aliphatic carbocycles. The minimum atomic E-state index is -0.313. The van der Waals surface area contributed by atoms with Crippen molar-refractivity contribution in [2.75, 3.05) is 6.61 Å². The maximum atomic E-state index is 11.1. The van der Waals surface area contributed by atoms with Crippen LogP contribution in [0.3, 0.4) is 0 Å². The summed E-state index contributed by atoms with van der Waals surface area (Å²) in [5.41, 5.74) is 0.446. The van der Waals surface area contributed by atoms with Crippen molar-refractivity contribution >= 4 is 5.97 Å². The fraction of sp³-hybridized carbons (Fsp3) is 0.700. The molecule has 1 aliphatic rings. The predicted molar refractivity (Wildman–Crippen MR) is 49.3 cm³/mol. The van der Waals surface area contributed by atoms with Gasteiger partial charge in [-0.3, -0.25) is 0 Å². The zero-order valence-corrected chi connectivity index (χ0v) is 8.21. The van der Waals surface area contributed by atoms with Gasteiger partial charge in [0, 0.05) is 18.6 Å². The highest BCUT2D eigenvalue weighted by Crippen LogP contribution is 2.18. The summed E-state index contributed by atoms with van der Waals surface area (Å²) in [6, 6.07) is 0. The van der Waals surface area contributed by atoms with Crippen molar-refractivity contribution in [1.82, 2.24) is 0 Å². The van der Waals surface area contributed by atoms with Gasteiger partial charge < -0.3 is 9.47 Å². The minimum absolute atomic E-state index is 0.0745. The SMILES string of the molecule is C=C(C)C(=O)OC(C)CC1CCO1. The molecule has 0 N–H and O–H groups in total. The predicted octanol–water partition coefficient (Wildman–Crippen LogP) is 1.67. The molecule has 3 nitrogen and oxygen atoms in total. The largest absolute Gasteiger partial charge is 0.459 e. The Labute approximate surface area is 78.7 Å². The number of hydrogen-bond acceptors (Lipinski definition) is 3. The first kappa shape index (κ1) is 10.3. The van der Waals surface area contributed by atoms with Crippen LogP contribution >= 0.6 is 0 Å². The molecule has 0 aromatic carbocycles. The minimum Gasteiger partial charge on any atom is -0.459 e. The Morgan fingerprint density at radius 3 is 2.77 bits per heavy atom. The zero-order chi connectivity index (χ0) is 9.84. The first-order valence-electron chi connectivity index (χ1n) is 4.57. The molecule has 2 unspecified atom stereocenters. The molecule has 0 spiro atoms. The molecule has 0 aromatic rings. The van der Waals surface area contributed by atoms with Crippen LogP contribution < -0.4 is 0 Å². The van der Waals surface area contributed by atoms with E-state index in [2.05, 4.69) is 6.58 Å². The fourth-order valence-corrected chi connectivity index (χ4v) is 1.17. The van der Waals surface area contributed by atoms with Crippen LogP contribution in [0.2, 0.25) is 0 Å². The monoisotopic (exact) mass is 184 g/mol. The standard InChI is InChI=1S/C10H16O3/c1-7(2)10(11)13-8(3)6-9-4-5-12-9/h8-9H,1,4-6H2,2-3H3. The van der Waals surface area contributed by atoms with Gasteiger partial charge in [-0.1, -0.05) is 6.58 Å². The lowest BCUT2D eigenvalue weighted by Gasteiger charge is -2.28. The third-order valence-electron chi connectivity index (χ3n) is 2.04. The molecular formula is C10H16O3. The van der Waals surface area contributed by atoms with Crippen molar-refractivity contribution in [3.8, 4) is 0 Å². The van der Waals surface area contributed by atoms with E-state index in [-0.39, 0.29) is 18.2 Å². The number of carbonyl (C=O) groups excluding carboxylic acids is 1. The molecular weight excluding hydrogens is 168 g/mol. The van der Waals surface area contributed by atoms with Crippen molar-refractivity contribution in [2.24, 2.45) is 0 Å². The summed E-state index contributed by atoms with van der Waals surface area (Å²) < 4.78 is 10.3. The molecule has 1 heterocycles. The molecule has 0 bridgehead atoms. The number of esters is 1. The van der Waals surface area contributed by atoms with Crippen LogP contribution in [0.1, 0.15) is 26.7 Å². The van der Waals surface area contributed by atoms with Gasteiger partial charge in [-0.05, 0) is 20.3 Å². The molecule has 1 saturated heterocycles. The molecule has 13 heavy (non-hydrogen) atoms. The van der Waals surface area contributed by atoms with E-state index in [9.17, 15) is 4.79 Å². The summed E-state index contributed by atoms with van der Waals surface area (Å²) in [5, 5.41) is 0. The Hall–Kier alpha value is -0.830. The van der Waals surface area contributed by atoms with E-state index in [1.54, 1.807) is 6.92 Å². The Morgan fingerprint density at radius 2 is 2.38 bits per heavy atom. The van der Waals surface area contributed by atoms with Gasteiger partial charge in [0.15, 0.2) is 0 Å². The third-order valence-corrected chi connectivity index (χ3v) is 2.04. The Morgan fingerprint density at radius 1 is 1.77 bits per heavy atom. The van der Waals surface area contributed by atoms with Gasteiger partial charge in [0.25, 0.3) is 0 Å². The molecule has 2 atom stereocenters. The van der Waals surface area contributed by atoms with Crippen LogP contribution in [0, 0.1) is 0 Å². The molecule has 1 aliphatic heterocycles. The lowest BCUT2D eigenvalue weighted by molar-refractivity contribution is -0.147. The van der Waals surface area contributed by atoms with Crippen LogP contribution in [0.4, 0.5) is 0 Å². The van der Waals surface area contributed by atoms with E-state index in [0.717, 1.165) is 19.4 Å². The average Bonchev–Trinajstić information content (AvgIpc) is 1.96. The van der Waals surface area contributed by atoms with E-state index in [0.29, 0.717) is 5.57 Å². The maximum Gasteiger partial charge on any atom is 0.333 e. The summed E-state index contributed by atoms with van der Waals surface area (Å²) in [5.74, 6) is -0.313. The van der Waals surface area contributed by atoms with E-state index < -0.39 is 0 Å². The smallest absolute Gasteiger partial charge is 0.333 e. The van der Waals surface area contributed by atoms with Crippen LogP contribution in [0.25, 0.3) is 0 Å². The Kier molecular flexibility index (Phi) is 3.48. The van der Waals surface area contributed by atoms with Gasteiger partial charge in [-0.2, -0.15) is 0 Å². The molecule has 0 aromatic heterocycles. The van der Waals surface area contributed by atoms with Gasteiger partial charge in [-0.15, -0.1) is 0 Å². The quantitative estimate of drug-likeness (QED) is 0.492. The van der Waals surface area contributed by atoms with E-state index in [1.165, 1.54) is 0 Å². The van der Waals surface area contributed by atoms with Crippen LogP contribution in [-0.2, 0) is 14.3 Å². The van der Waals surface area contributed by atoms with Crippen LogP contribution in [-0.4, -0.2) is 24.8 Å². The van der Waals surface area contributed by atoms with Crippen molar-refractivity contribution in [3.63, 3.8) is 0 Å².